The van der Waals surface area contributed by atoms with E-state index in [0.29, 0.717) is 17.1 Å². The summed E-state index contributed by atoms with van der Waals surface area (Å²) in [6.45, 7) is 6.00. The predicted molar refractivity (Wildman–Crippen MR) is 89.1 cm³/mol. The number of anilines is 1. The van der Waals surface area contributed by atoms with E-state index in [4.69, 9.17) is 0 Å². The minimum Gasteiger partial charge on any atom is -0.387 e. The van der Waals surface area contributed by atoms with Gasteiger partial charge in [0.15, 0.2) is 0 Å². The van der Waals surface area contributed by atoms with Crippen LogP contribution in [-0.2, 0) is 5.41 Å². The molecule has 1 aromatic heterocycles. The number of halogens is 1. The van der Waals surface area contributed by atoms with E-state index in [1.807, 2.05) is 20.8 Å². The first-order valence-electron chi connectivity index (χ1n) is 7.56. The van der Waals surface area contributed by atoms with Crippen LogP contribution in [0, 0.1) is 5.82 Å². The number of aliphatic hydroxyl groups excluding tert-OH is 1. The molecule has 0 radical (unpaired) electrons. The third-order valence-electron chi connectivity index (χ3n) is 3.29. The van der Waals surface area contributed by atoms with E-state index >= 15 is 0 Å². The van der Waals surface area contributed by atoms with E-state index in [1.54, 1.807) is 0 Å². The molecule has 7 heteroatoms. The lowest BCUT2D eigenvalue weighted by molar-refractivity contribution is 0.175. The first kappa shape index (κ1) is 17.8. The van der Waals surface area contributed by atoms with Gasteiger partial charge >= 0.3 is 6.03 Å². The summed E-state index contributed by atoms with van der Waals surface area (Å²) in [5.41, 5.74) is 0.811. The van der Waals surface area contributed by atoms with Gasteiger partial charge in [0.05, 0.1) is 24.2 Å². The van der Waals surface area contributed by atoms with Crippen LogP contribution in [0.5, 0.6) is 0 Å². The number of hydrogen-bond acceptors (Lipinski definition) is 4. The van der Waals surface area contributed by atoms with E-state index in [9.17, 15) is 14.3 Å². The number of aliphatic hydroxyl groups is 1. The molecule has 2 amide bonds. The summed E-state index contributed by atoms with van der Waals surface area (Å²) >= 11 is 0. The number of hydrogen-bond donors (Lipinski definition) is 3. The number of aromatic nitrogens is 2. The quantitative estimate of drug-likeness (QED) is 0.803. The minimum absolute atomic E-state index is 0.00159. The molecule has 2 rings (SSSR count). The molecule has 0 saturated carbocycles. The maximum Gasteiger partial charge on any atom is 0.319 e. The fourth-order valence-corrected chi connectivity index (χ4v) is 1.95. The summed E-state index contributed by atoms with van der Waals surface area (Å²) < 4.78 is 12.8. The Hall–Kier alpha value is -2.54. The molecule has 6 nitrogen and oxygen atoms in total. The molecule has 0 bridgehead atoms. The van der Waals surface area contributed by atoms with Crippen LogP contribution < -0.4 is 10.6 Å². The van der Waals surface area contributed by atoms with Crippen molar-refractivity contribution in [2.24, 2.45) is 0 Å². The Morgan fingerprint density at radius 2 is 1.79 bits per heavy atom. The molecule has 0 fully saturated rings. The van der Waals surface area contributed by atoms with Gasteiger partial charge in [0, 0.05) is 12.0 Å². The fraction of sp³-hybridized carbons (Fsp3) is 0.353. The van der Waals surface area contributed by atoms with Crippen molar-refractivity contribution in [2.45, 2.75) is 32.3 Å². The monoisotopic (exact) mass is 332 g/mol. The average Bonchev–Trinajstić information content (AvgIpc) is 2.53. The van der Waals surface area contributed by atoms with Gasteiger partial charge in [0.25, 0.3) is 0 Å². The van der Waals surface area contributed by atoms with Crippen molar-refractivity contribution in [1.82, 2.24) is 15.3 Å². The van der Waals surface area contributed by atoms with Gasteiger partial charge < -0.3 is 15.7 Å². The number of urea groups is 1. The highest BCUT2D eigenvalue weighted by Gasteiger charge is 2.17. The van der Waals surface area contributed by atoms with Gasteiger partial charge in [-0.1, -0.05) is 32.9 Å². The Labute approximate surface area is 140 Å². The Morgan fingerprint density at radius 3 is 2.33 bits per heavy atom. The minimum atomic E-state index is -0.920. The number of nitrogens with zero attached hydrogens (tertiary/aromatic N) is 2. The molecule has 0 saturated heterocycles. The number of nitrogens with one attached hydrogen (secondary N) is 2. The van der Waals surface area contributed by atoms with Crippen molar-refractivity contribution in [3.05, 3.63) is 53.9 Å². The number of carbonyl (C=O) groups is 1. The summed E-state index contributed by atoms with van der Waals surface area (Å²) in [7, 11) is 0. The van der Waals surface area contributed by atoms with Crippen molar-refractivity contribution in [3.63, 3.8) is 0 Å². The first-order chi connectivity index (χ1) is 11.3. The predicted octanol–water partition coefficient (Wildman–Crippen LogP) is 2.77. The summed E-state index contributed by atoms with van der Waals surface area (Å²) in [4.78, 5) is 20.3. The standard InChI is InChI=1S/C17H21FN4O2/c1-17(2,3)15-19-8-13(9-20-15)22-16(24)21-10-14(23)11-4-6-12(18)7-5-11/h4-9,14,23H,10H2,1-3H3,(H2,21,22,24)/t14-/m0/s1. The number of carbonyl (C=O) groups excluding carboxylic acids is 1. The second-order valence-corrected chi connectivity index (χ2v) is 6.45. The van der Waals surface area contributed by atoms with Crippen molar-refractivity contribution in [3.8, 4) is 0 Å². The lowest BCUT2D eigenvalue weighted by atomic mass is 9.96. The first-order valence-corrected chi connectivity index (χ1v) is 7.56. The highest BCUT2D eigenvalue weighted by Crippen LogP contribution is 2.18. The van der Waals surface area contributed by atoms with Gasteiger partial charge in [0.1, 0.15) is 11.6 Å². The highest BCUT2D eigenvalue weighted by molar-refractivity contribution is 5.88. The molecular weight excluding hydrogens is 311 g/mol. The topological polar surface area (TPSA) is 87.1 Å². The summed E-state index contributed by atoms with van der Waals surface area (Å²) in [6, 6.07) is 4.97. The summed E-state index contributed by atoms with van der Waals surface area (Å²) in [5, 5.41) is 15.1. The Bertz CT molecular complexity index is 681. The Morgan fingerprint density at radius 1 is 1.21 bits per heavy atom. The smallest absolute Gasteiger partial charge is 0.319 e. The van der Waals surface area contributed by atoms with Crippen molar-refractivity contribution in [1.29, 1.82) is 0 Å². The Kier molecular flexibility index (Phi) is 5.46. The normalized spacial score (nSPS) is 12.5. The average molecular weight is 332 g/mol. The third kappa shape index (κ3) is 4.99. The van der Waals surface area contributed by atoms with Crippen LogP contribution in [0.2, 0.25) is 0 Å². The largest absolute Gasteiger partial charge is 0.387 e. The molecule has 24 heavy (non-hydrogen) atoms. The van der Waals surface area contributed by atoms with Gasteiger partial charge in [0.2, 0.25) is 0 Å². The zero-order valence-corrected chi connectivity index (χ0v) is 13.9. The molecule has 1 aromatic carbocycles. The van der Waals surface area contributed by atoms with Gasteiger partial charge in [-0.05, 0) is 17.7 Å². The molecular formula is C17H21FN4O2. The van der Waals surface area contributed by atoms with Crippen LogP contribution in [0.3, 0.4) is 0 Å². The highest BCUT2D eigenvalue weighted by atomic mass is 19.1. The van der Waals surface area contributed by atoms with Crippen molar-refractivity contribution >= 4 is 11.7 Å². The van der Waals surface area contributed by atoms with Crippen LogP contribution in [0.15, 0.2) is 36.7 Å². The number of amides is 2. The molecule has 0 aliphatic carbocycles. The second kappa shape index (κ2) is 7.35. The van der Waals surface area contributed by atoms with Gasteiger partial charge in [-0.15, -0.1) is 0 Å². The van der Waals surface area contributed by atoms with Crippen molar-refractivity contribution < 1.29 is 14.3 Å². The van der Waals surface area contributed by atoms with E-state index < -0.39 is 12.1 Å². The molecule has 128 valence electrons. The SMILES string of the molecule is CC(C)(C)c1ncc(NC(=O)NC[C@H](O)c2ccc(F)cc2)cn1. The van der Waals surface area contributed by atoms with Crippen molar-refractivity contribution in [2.75, 3.05) is 11.9 Å². The van der Waals surface area contributed by atoms with Crippen LogP contribution >= 0.6 is 0 Å². The molecule has 1 heterocycles. The van der Waals surface area contributed by atoms with E-state index in [-0.39, 0.29) is 17.8 Å². The lowest BCUT2D eigenvalue weighted by Gasteiger charge is -2.16. The lowest BCUT2D eigenvalue weighted by Crippen LogP contribution is -2.32. The van der Waals surface area contributed by atoms with Gasteiger partial charge in [-0.2, -0.15) is 0 Å². The second-order valence-electron chi connectivity index (χ2n) is 6.45. The maximum absolute atomic E-state index is 12.8. The maximum atomic E-state index is 12.8. The number of rotatable bonds is 4. The Balaban J connectivity index is 1.86. The van der Waals surface area contributed by atoms with Gasteiger partial charge in [-0.25, -0.2) is 19.2 Å². The van der Waals surface area contributed by atoms with Gasteiger partial charge in [-0.3, -0.25) is 0 Å². The molecule has 0 unspecified atom stereocenters. The van der Waals surface area contributed by atoms with E-state index in [0.717, 1.165) is 0 Å². The van der Waals surface area contributed by atoms with Crippen LogP contribution in [0.4, 0.5) is 14.9 Å². The van der Waals surface area contributed by atoms with Crippen LogP contribution in [0.25, 0.3) is 0 Å². The zero-order valence-electron chi connectivity index (χ0n) is 13.9. The fourth-order valence-electron chi connectivity index (χ4n) is 1.95. The third-order valence-corrected chi connectivity index (χ3v) is 3.29. The van der Waals surface area contributed by atoms with E-state index in [2.05, 4.69) is 20.6 Å². The molecule has 0 aliphatic rings. The molecule has 0 aliphatic heterocycles. The summed E-state index contributed by atoms with van der Waals surface area (Å²) in [6.07, 6.45) is 2.14. The molecule has 1 atom stereocenters. The molecule has 0 spiro atoms. The molecule has 3 N–H and O–H groups in total. The summed E-state index contributed by atoms with van der Waals surface area (Å²) in [5.74, 6) is 0.301. The van der Waals surface area contributed by atoms with Crippen LogP contribution in [-0.4, -0.2) is 27.7 Å². The van der Waals surface area contributed by atoms with Crippen LogP contribution in [0.1, 0.15) is 38.3 Å². The number of benzene rings is 1. The molecule has 2 aromatic rings. The zero-order chi connectivity index (χ0) is 17.7. The van der Waals surface area contributed by atoms with E-state index in [1.165, 1.54) is 36.7 Å².